The normalized spacial score (nSPS) is 13.9. The second-order valence-electron chi connectivity index (χ2n) is 7.20. The second-order valence-corrected chi connectivity index (χ2v) is 7.20. The lowest BCUT2D eigenvalue weighted by atomic mass is 10.1. The number of benzene rings is 2. The third-order valence-corrected chi connectivity index (χ3v) is 5.16. The van der Waals surface area contributed by atoms with Gasteiger partial charge in [-0.3, -0.25) is 4.79 Å². The van der Waals surface area contributed by atoms with Gasteiger partial charge in [-0.15, -0.1) is 0 Å². The fourth-order valence-electron chi connectivity index (χ4n) is 3.55. The lowest BCUT2D eigenvalue weighted by molar-refractivity contribution is 0.0718. The number of rotatable bonds is 3. The van der Waals surface area contributed by atoms with Gasteiger partial charge in [-0.05, 0) is 56.5 Å². The van der Waals surface area contributed by atoms with Gasteiger partial charge in [0.25, 0.3) is 5.91 Å². The first kappa shape index (κ1) is 18.0. The van der Waals surface area contributed by atoms with Crippen LogP contribution in [0, 0.1) is 18.3 Å². The minimum Gasteiger partial charge on any atom is -0.337 e. The molecule has 0 N–H and O–H groups in total. The third-order valence-electron chi connectivity index (χ3n) is 5.16. The van der Waals surface area contributed by atoms with Crippen LogP contribution in [0.3, 0.4) is 0 Å². The zero-order valence-electron chi connectivity index (χ0n) is 15.9. The Morgan fingerprint density at radius 2 is 1.68 bits per heavy atom. The highest BCUT2D eigenvalue weighted by Crippen LogP contribution is 2.26. The SMILES string of the molecule is Cc1ccc(-n2nc(C(=O)N3CCCCC3)cc2-c2ccc(C#N)cc2)cc1. The Morgan fingerprint density at radius 3 is 2.32 bits per heavy atom. The highest BCUT2D eigenvalue weighted by molar-refractivity contribution is 5.93. The van der Waals surface area contributed by atoms with E-state index in [1.807, 2.05) is 59.0 Å². The summed E-state index contributed by atoms with van der Waals surface area (Å²) in [7, 11) is 0. The summed E-state index contributed by atoms with van der Waals surface area (Å²) in [6, 6.07) is 19.4. The number of amides is 1. The molecule has 140 valence electrons. The fraction of sp³-hybridized carbons (Fsp3) is 0.261. The van der Waals surface area contributed by atoms with Crippen molar-refractivity contribution in [1.82, 2.24) is 14.7 Å². The number of aromatic nitrogens is 2. The second kappa shape index (κ2) is 7.69. The fourth-order valence-corrected chi connectivity index (χ4v) is 3.55. The van der Waals surface area contributed by atoms with Gasteiger partial charge >= 0.3 is 0 Å². The summed E-state index contributed by atoms with van der Waals surface area (Å²) < 4.78 is 1.82. The van der Waals surface area contributed by atoms with Crippen LogP contribution in [0.25, 0.3) is 16.9 Å². The molecule has 28 heavy (non-hydrogen) atoms. The van der Waals surface area contributed by atoms with Crippen molar-refractivity contribution < 1.29 is 4.79 Å². The molecule has 0 saturated carbocycles. The average molecular weight is 370 g/mol. The molecule has 0 atom stereocenters. The zero-order valence-corrected chi connectivity index (χ0v) is 15.9. The number of carbonyl (C=O) groups is 1. The molecule has 1 aromatic heterocycles. The molecule has 4 rings (SSSR count). The summed E-state index contributed by atoms with van der Waals surface area (Å²) in [5.41, 5.74) is 4.90. The van der Waals surface area contributed by atoms with Crippen LogP contribution in [0.1, 0.15) is 40.9 Å². The Bertz CT molecular complexity index is 1020. The van der Waals surface area contributed by atoms with Gasteiger partial charge in [0.1, 0.15) is 0 Å². The zero-order chi connectivity index (χ0) is 19.5. The van der Waals surface area contributed by atoms with Crippen LogP contribution in [0.2, 0.25) is 0 Å². The summed E-state index contributed by atoms with van der Waals surface area (Å²) in [6.07, 6.45) is 3.28. The molecule has 5 heteroatoms. The van der Waals surface area contributed by atoms with Gasteiger partial charge < -0.3 is 4.90 Å². The molecule has 3 aromatic rings. The van der Waals surface area contributed by atoms with Gasteiger partial charge in [0.15, 0.2) is 5.69 Å². The highest BCUT2D eigenvalue weighted by Gasteiger charge is 2.23. The Hall–Kier alpha value is -3.39. The number of nitriles is 1. The van der Waals surface area contributed by atoms with E-state index in [1.54, 1.807) is 12.1 Å². The van der Waals surface area contributed by atoms with E-state index in [0.717, 1.165) is 42.9 Å². The van der Waals surface area contributed by atoms with E-state index >= 15 is 0 Å². The Labute approximate surface area is 164 Å². The maximum atomic E-state index is 13.0. The lowest BCUT2D eigenvalue weighted by Crippen LogP contribution is -2.35. The lowest BCUT2D eigenvalue weighted by Gasteiger charge is -2.25. The summed E-state index contributed by atoms with van der Waals surface area (Å²) in [5, 5.41) is 13.7. The van der Waals surface area contributed by atoms with Crippen molar-refractivity contribution in [3.63, 3.8) is 0 Å². The molecule has 0 aliphatic carbocycles. The van der Waals surface area contributed by atoms with Gasteiger partial charge in [0.2, 0.25) is 0 Å². The van der Waals surface area contributed by atoms with E-state index in [0.29, 0.717) is 11.3 Å². The number of aryl methyl sites for hydroxylation is 1. The summed E-state index contributed by atoms with van der Waals surface area (Å²) in [4.78, 5) is 14.9. The Morgan fingerprint density at radius 1 is 1.00 bits per heavy atom. The quantitative estimate of drug-likeness (QED) is 0.689. The van der Waals surface area contributed by atoms with Gasteiger partial charge in [-0.1, -0.05) is 29.8 Å². The van der Waals surface area contributed by atoms with Crippen LogP contribution < -0.4 is 0 Å². The van der Waals surface area contributed by atoms with E-state index in [4.69, 9.17) is 5.26 Å². The van der Waals surface area contributed by atoms with Crippen molar-refractivity contribution in [2.45, 2.75) is 26.2 Å². The molecule has 1 saturated heterocycles. The van der Waals surface area contributed by atoms with E-state index < -0.39 is 0 Å². The molecule has 2 aromatic carbocycles. The maximum Gasteiger partial charge on any atom is 0.274 e. The smallest absolute Gasteiger partial charge is 0.274 e. The maximum absolute atomic E-state index is 13.0. The first-order chi connectivity index (χ1) is 13.7. The largest absolute Gasteiger partial charge is 0.337 e. The standard InChI is InChI=1S/C23H22N4O/c1-17-5-11-20(12-6-17)27-22(19-9-7-18(16-24)8-10-19)15-21(25-27)23(28)26-13-3-2-4-14-26/h5-12,15H,2-4,13-14H2,1H3. The van der Waals surface area contributed by atoms with Crippen LogP contribution in [-0.2, 0) is 0 Å². The first-order valence-corrected chi connectivity index (χ1v) is 9.62. The summed E-state index contributed by atoms with van der Waals surface area (Å²) >= 11 is 0. The van der Waals surface area contributed by atoms with Crippen molar-refractivity contribution in [3.05, 3.63) is 71.4 Å². The van der Waals surface area contributed by atoms with E-state index in [-0.39, 0.29) is 5.91 Å². The summed E-state index contributed by atoms with van der Waals surface area (Å²) in [6.45, 7) is 3.63. The van der Waals surface area contributed by atoms with Crippen molar-refractivity contribution >= 4 is 5.91 Å². The molecule has 0 spiro atoms. The Kier molecular flexibility index (Phi) is 4.94. The van der Waals surface area contributed by atoms with Gasteiger partial charge in [-0.2, -0.15) is 10.4 Å². The minimum absolute atomic E-state index is 0.0135. The number of nitrogens with zero attached hydrogens (tertiary/aromatic N) is 4. The molecular formula is C23H22N4O. The molecular weight excluding hydrogens is 348 g/mol. The van der Waals surface area contributed by atoms with Gasteiger partial charge in [0, 0.05) is 18.7 Å². The number of hydrogen-bond acceptors (Lipinski definition) is 3. The molecule has 0 unspecified atom stereocenters. The molecule has 1 fully saturated rings. The van der Waals surface area contributed by atoms with Crippen molar-refractivity contribution in [2.24, 2.45) is 0 Å². The first-order valence-electron chi connectivity index (χ1n) is 9.62. The van der Waals surface area contributed by atoms with Crippen LogP contribution in [0.15, 0.2) is 54.6 Å². The van der Waals surface area contributed by atoms with Gasteiger partial charge in [-0.25, -0.2) is 4.68 Å². The van der Waals surface area contributed by atoms with Gasteiger partial charge in [0.05, 0.1) is 23.0 Å². The van der Waals surface area contributed by atoms with Crippen LogP contribution in [-0.4, -0.2) is 33.7 Å². The van der Waals surface area contributed by atoms with Crippen LogP contribution in [0.5, 0.6) is 0 Å². The summed E-state index contributed by atoms with van der Waals surface area (Å²) in [5.74, 6) is -0.0135. The highest BCUT2D eigenvalue weighted by atomic mass is 16.2. The van der Waals surface area contributed by atoms with Crippen molar-refractivity contribution in [1.29, 1.82) is 5.26 Å². The molecule has 5 nitrogen and oxygen atoms in total. The predicted molar refractivity (Wildman–Crippen MR) is 108 cm³/mol. The topological polar surface area (TPSA) is 61.9 Å². The Balaban J connectivity index is 1.77. The van der Waals surface area contributed by atoms with Crippen LogP contribution in [0.4, 0.5) is 0 Å². The minimum atomic E-state index is -0.0135. The molecule has 1 aliphatic heterocycles. The number of piperidine rings is 1. The van der Waals surface area contributed by atoms with Crippen molar-refractivity contribution in [2.75, 3.05) is 13.1 Å². The van der Waals surface area contributed by atoms with Crippen molar-refractivity contribution in [3.8, 4) is 23.0 Å². The number of hydrogen-bond donors (Lipinski definition) is 0. The van der Waals surface area contributed by atoms with E-state index in [2.05, 4.69) is 11.2 Å². The van der Waals surface area contributed by atoms with E-state index in [1.165, 1.54) is 12.0 Å². The average Bonchev–Trinajstić information content (AvgIpc) is 3.20. The monoisotopic (exact) mass is 370 g/mol. The molecule has 1 aliphatic rings. The third kappa shape index (κ3) is 3.54. The molecule has 1 amide bonds. The molecule has 0 radical (unpaired) electrons. The van der Waals surface area contributed by atoms with E-state index in [9.17, 15) is 4.79 Å². The van der Waals surface area contributed by atoms with Crippen LogP contribution >= 0.6 is 0 Å². The number of likely N-dealkylation sites (tertiary alicyclic amines) is 1. The number of carbonyl (C=O) groups excluding carboxylic acids is 1. The molecule has 2 heterocycles. The predicted octanol–water partition coefficient (Wildman–Crippen LogP) is 4.35. The molecule has 0 bridgehead atoms.